The summed E-state index contributed by atoms with van der Waals surface area (Å²) in [7, 11) is 0. The summed E-state index contributed by atoms with van der Waals surface area (Å²) in [5.74, 6) is 0.0123. The standard InChI is InChI=1S/C12H11NO2S/c14-10-11(15)13-6-5-12(10)7-16-9-4-2-1-3-8(9)12/h1-4H,5-7H2,(H,13,15). The van der Waals surface area contributed by atoms with Gasteiger partial charge in [0.1, 0.15) is 0 Å². The molecule has 0 bridgehead atoms. The summed E-state index contributed by atoms with van der Waals surface area (Å²) < 4.78 is 0. The van der Waals surface area contributed by atoms with Gasteiger partial charge in [-0.05, 0) is 18.1 Å². The van der Waals surface area contributed by atoms with Crippen LogP contribution in [0.3, 0.4) is 0 Å². The molecule has 82 valence electrons. The molecule has 3 rings (SSSR count). The van der Waals surface area contributed by atoms with E-state index < -0.39 is 11.3 Å². The van der Waals surface area contributed by atoms with Crippen LogP contribution in [0.25, 0.3) is 0 Å². The largest absolute Gasteiger partial charge is 0.349 e. The summed E-state index contributed by atoms with van der Waals surface area (Å²) in [4.78, 5) is 24.7. The van der Waals surface area contributed by atoms with Crippen molar-refractivity contribution in [1.82, 2.24) is 5.32 Å². The Balaban J connectivity index is 2.13. The van der Waals surface area contributed by atoms with Gasteiger partial charge in [0.15, 0.2) is 0 Å². The van der Waals surface area contributed by atoms with Crippen molar-refractivity contribution in [2.75, 3.05) is 12.3 Å². The fourth-order valence-electron chi connectivity index (χ4n) is 2.46. The van der Waals surface area contributed by atoms with Crippen molar-refractivity contribution in [1.29, 1.82) is 0 Å². The molecule has 0 aromatic heterocycles. The molecule has 0 saturated carbocycles. The minimum absolute atomic E-state index is 0.267. The molecule has 1 saturated heterocycles. The van der Waals surface area contributed by atoms with E-state index >= 15 is 0 Å². The maximum atomic E-state index is 12.1. The van der Waals surface area contributed by atoms with Gasteiger partial charge >= 0.3 is 0 Å². The van der Waals surface area contributed by atoms with E-state index in [9.17, 15) is 9.59 Å². The molecular weight excluding hydrogens is 222 g/mol. The van der Waals surface area contributed by atoms with E-state index in [1.54, 1.807) is 11.8 Å². The van der Waals surface area contributed by atoms with Crippen molar-refractivity contribution in [3.63, 3.8) is 0 Å². The Morgan fingerprint density at radius 1 is 1.25 bits per heavy atom. The lowest BCUT2D eigenvalue weighted by Gasteiger charge is -2.31. The Bertz CT molecular complexity index is 482. The van der Waals surface area contributed by atoms with Crippen LogP contribution in [0.1, 0.15) is 12.0 Å². The summed E-state index contributed by atoms with van der Waals surface area (Å²) in [6, 6.07) is 7.91. The van der Waals surface area contributed by atoms with Crippen molar-refractivity contribution in [2.24, 2.45) is 0 Å². The van der Waals surface area contributed by atoms with Gasteiger partial charge in [-0.1, -0.05) is 18.2 Å². The zero-order valence-corrected chi connectivity index (χ0v) is 9.47. The van der Waals surface area contributed by atoms with Crippen LogP contribution in [-0.4, -0.2) is 24.0 Å². The monoisotopic (exact) mass is 233 g/mol. The number of carbonyl (C=O) groups excluding carboxylic acids is 2. The molecule has 4 heteroatoms. The lowest BCUT2D eigenvalue weighted by atomic mass is 9.74. The molecule has 1 fully saturated rings. The van der Waals surface area contributed by atoms with Crippen LogP contribution in [0.4, 0.5) is 0 Å². The Hall–Kier alpha value is -1.29. The third-order valence-electron chi connectivity index (χ3n) is 3.35. The first-order valence-corrected chi connectivity index (χ1v) is 6.27. The summed E-state index contributed by atoms with van der Waals surface area (Å²) in [6.45, 7) is 0.597. The van der Waals surface area contributed by atoms with Crippen LogP contribution in [-0.2, 0) is 15.0 Å². The van der Waals surface area contributed by atoms with E-state index in [4.69, 9.17) is 0 Å². The zero-order valence-electron chi connectivity index (χ0n) is 8.66. The van der Waals surface area contributed by atoms with Gasteiger partial charge in [0.25, 0.3) is 5.91 Å². The molecule has 2 aliphatic heterocycles. The maximum absolute atomic E-state index is 12.1. The number of rotatable bonds is 0. The van der Waals surface area contributed by atoms with Gasteiger partial charge < -0.3 is 5.32 Å². The Labute approximate surface area is 97.6 Å². The Kier molecular flexibility index (Phi) is 2.07. The molecule has 2 heterocycles. The second kappa shape index (κ2) is 3.35. The number of benzene rings is 1. The Morgan fingerprint density at radius 2 is 2.06 bits per heavy atom. The van der Waals surface area contributed by atoms with Gasteiger partial charge in [-0.15, -0.1) is 11.8 Å². The first-order valence-electron chi connectivity index (χ1n) is 5.29. The lowest BCUT2D eigenvalue weighted by Crippen LogP contribution is -2.52. The van der Waals surface area contributed by atoms with Crippen LogP contribution in [0, 0.1) is 0 Å². The minimum atomic E-state index is -0.552. The average Bonchev–Trinajstić information content (AvgIpc) is 2.67. The summed E-state index contributed by atoms with van der Waals surface area (Å²) >= 11 is 1.68. The first kappa shape index (κ1) is 9.90. The number of nitrogens with one attached hydrogen (secondary N) is 1. The van der Waals surface area contributed by atoms with Crippen LogP contribution in [0.5, 0.6) is 0 Å². The Morgan fingerprint density at radius 3 is 2.94 bits per heavy atom. The van der Waals surface area contributed by atoms with Crippen molar-refractivity contribution >= 4 is 23.5 Å². The predicted octanol–water partition coefficient (Wildman–Crippen LogP) is 1.12. The smallest absolute Gasteiger partial charge is 0.288 e. The van der Waals surface area contributed by atoms with E-state index in [-0.39, 0.29) is 5.78 Å². The molecule has 1 amide bonds. The normalized spacial score (nSPS) is 28.0. The minimum Gasteiger partial charge on any atom is -0.349 e. The number of carbonyl (C=O) groups is 2. The van der Waals surface area contributed by atoms with Gasteiger partial charge in [0, 0.05) is 17.2 Å². The fraction of sp³-hybridized carbons (Fsp3) is 0.333. The number of thioether (sulfide) groups is 1. The summed E-state index contributed by atoms with van der Waals surface area (Å²) in [5.41, 5.74) is 0.490. The van der Waals surface area contributed by atoms with E-state index in [1.807, 2.05) is 24.3 Å². The second-order valence-corrected chi connectivity index (χ2v) is 5.22. The van der Waals surface area contributed by atoms with E-state index in [0.717, 1.165) is 16.9 Å². The topological polar surface area (TPSA) is 46.2 Å². The molecule has 0 aliphatic carbocycles. The van der Waals surface area contributed by atoms with Crippen molar-refractivity contribution < 1.29 is 9.59 Å². The highest BCUT2D eigenvalue weighted by Crippen LogP contribution is 2.47. The second-order valence-electron chi connectivity index (χ2n) is 4.20. The number of hydrogen-bond donors (Lipinski definition) is 1. The molecule has 16 heavy (non-hydrogen) atoms. The highest BCUT2D eigenvalue weighted by Gasteiger charge is 2.50. The first-order chi connectivity index (χ1) is 7.74. The summed E-state index contributed by atoms with van der Waals surface area (Å²) in [5, 5.41) is 2.62. The molecule has 1 unspecified atom stereocenters. The van der Waals surface area contributed by atoms with Crippen LogP contribution < -0.4 is 5.32 Å². The molecule has 1 spiro atoms. The molecular formula is C12H11NO2S. The van der Waals surface area contributed by atoms with E-state index in [1.165, 1.54) is 0 Å². The third-order valence-corrected chi connectivity index (χ3v) is 4.66. The lowest BCUT2D eigenvalue weighted by molar-refractivity contribution is -0.142. The van der Waals surface area contributed by atoms with E-state index in [0.29, 0.717) is 12.3 Å². The van der Waals surface area contributed by atoms with Crippen LogP contribution in [0.15, 0.2) is 29.2 Å². The zero-order chi connectivity index (χ0) is 11.2. The molecule has 3 nitrogen and oxygen atoms in total. The van der Waals surface area contributed by atoms with Gasteiger partial charge in [-0.2, -0.15) is 0 Å². The van der Waals surface area contributed by atoms with Crippen LogP contribution in [0.2, 0.25) is 0 Å². The average molecular weight is 233 g/mol. The number of amides is 1. The highest BCUT2D eigenvalue weighted by molar-refractivity contribution is 7.99. The maximum Gasteiger partial charge on any atom is 0.288 e. The predicted molar refractivity (Wildman–Crippen MR) is 61.5 cm³/mol. The quantitative estimate of drug-likeness (QED) is 0.683. The van der Waals surface area contributed by atoms with Gasteiger partial charge in [-0.3, -0.25) is 9.59 Å². The molecule has 1 atom stereocenters. The van der Waals surface area contributed by atoms with Crippen molar-refractivity contribution in [3.8, 4) is 0 Å². The molecule has 1 aromatic rings. The van der Waals surface area contributed by atoms with Gasteiger partial charge in [0.2, 0.25) is 5.78 Å². The summed E-state index contributed by atoms with van der Waals surface area (Å²) in [6.07, 6.45) is 0.724. The van der Waals surface area contributed by atoms with Gasteiger partial charge in [0.05, 0.1) is 5.41 Å². The SMILES string of the molecule is O=C1NCCC2(CSc3ccccc32)C1=O. The highest BCUT2D eigenvalue weighted by atomic mass is 32.2. The third kappa shape index (κ3) is 1.16. The number of fused-ring (bicyclic) bond motifs is 2. The molecule has 1 N–H and O–H groups in total. The van der Waals surface area contributed by atoms with Crippen LogP contribution >= 0.6 is 11.8 Å². The molecule has 2 aliphatic rings. The number of ketones is 1. The van der Waals surface area contributed by atoms with Crippen molar-refractivity contribution in [2.45, 2.75) is 16.7 Å². The number of piperidine rings is 1. The van der Waals surface area contributed by atoms with Gasteiger partial charge in [-0.25, -0.2) is 0 Å². The fourth-order valence-corrected chi connectivity index (χ4v) is 3.89. The van der Waals surface area contributed by atoms with E-state index in [2.05, 4.69) is 5.32 Å². The number of hydrogen-bond acceptors (Lipinski definition) is 3. The number of Topliss-reactive ketones (excluding diaryl/α,β-unsaturated/α-hetero) is 1. The van der Waals surface area contributed by atoms with Crippen molar-refractivity contribution in [3.05, 3.63) is 29.8 Å². The molecule has 0 radical (unpaired) electrons. The molecule has 1 aromatic carbocycles.